The van der Waals surface area contributed by atoms with Gasteiger partial charge in [-0.25, -0.2) is 0 Å². The smallest absolute Gasteiger partial charge is 0.246 e. The lowest BCUT2D eigenvalue weighted by Gasteiger charge is -2.36. The molecule has 0 bridgehead atoms. The first-order valence-electron chi connectivity index (χ1n) is 11.1. The normalized spacial score (nSPS) is 20.9. The molecule has 2 heterocycles. The van der Waals surface area contributed by atoms with E-state index in [0.717, 1.165) is 10.6 Å². The Morgan fingerprint density at radius 3 is 2.38 bits per heavy atom. The second-order valence-corrected chi connectivity index (χ2v) is 8.86. The van der Waals surface area contributed by atoms with E-state index in [9.17, 15) is 19.2 Å². The molecule has 0 spiro atoms. The summed E-state index contributed by atoms with van der Waals surface area (Å²) in [6, 6.07) is 16.0. The van der Waals surface area contributed by atoms with Crippen molar-refractivity contribution in [1.82, 2.24) is 9.80 Å². The fourth-order valence-corrected chi connectivity index (χ4v) is 4.96. The molecular formula is C25H26ClN3O5. The third-order valence-corrected chi connectivity index (χ3v) is 6.74. The van der Waals surface area contributed by atoms with Crippen molar-refractivity contribution in [1.29, 1.82) is 0 Å². The maximum absolute atomic E-state index is 13.6. The minimum atomic E-state index is -1.42. The van der Waals surface area contributed by atoms with Crippen molar-refractivity contribution >= 4 is 40.9 Å². The Balaban J connectivity index is 1.58. The third-order valence-electron chi connectivity index (χ3n) is 6.41. The van der Waals surface area contributed by atoms with Gasteiger partial charge in [-0.1, -0.05) is 48.0 Å². The van der Waals surface area contributed by atoms with Crippen LogP contribution in [0.15, 0.2) is 54.6 Å². The van der Waals surface area contributed by atoms with Gasteiger partial charge in [0.15, 0.2) is 0 Å². The monoisotopic (exact) mass is 483 g/mol. The van der Waals surface area contributed by atoms with Gasteiger partial charge in [-0.3, -0.25) is 24.1 Å². The molecule has 2 fully saturated rings. The van der Waals surface area contributed by atoms with Crippen LogP contribution < -0.4 is 4.90 Å². The number of para-hydroxylation sites is 1. The van der Waals surface area contributed by atoms with Gasteiger partial charge in [0.05, 0.1) is 18.6 Å². The van der Waals surface area contributed by atoms with Gasteiger partial charge in [-0.2, -0.15) is 0 Å². The van der Waals surface area contributed by atoms with Crippen LogP contribution in [-0.4, -0.2) is 73.3 Å². The first kappa shape index (κ1) is 23.9. The first-order valence-corrected chi connectivity index (χ1v) is 11.5. The number of piperazine rings is 1. The van der Waals surface area contributed by atoms with E-state index in [1.54, 1.807) is 29.2 Å². The van der Waals surface area contributed by atoms with Crippen LogP contribution in [0.4, 0.5) is 5.69 Å². The van der Waals surface area contributed by atoms with Gasteiger partial charge in [-0.05, 0) is 23.8 Å². The number of hydrogen-bond donors (Lipinski definition) is 0. The summed E-state index contributed by atoms with van der Waals surface area (Å²) < 4.78 is 5.04. The summed E-state index contributed by atoms with van der Waals surface area (Å²) in [6.07, 6.45) is -0.410. The van der Waals surface area contributed by atoms with Gasteiger partial charge >= 0.3 is 0 Å². The number of nitrogens with zero attached hydrogens (tertiary/aromatic N) is 3. The second kappa shape index (κ2) is 9.95. The number of amides is 4. The van der Waals surface area contributed by atoms with E-state index in [-0.39, 0.29) is 50.3 Å². The Bertz CT molecular complexity index is 1110. The van der Waals surface area contributed by atoms with Crippen molar-refractivity contribution in [3.05, 3.63) is 65.2 Å². The summed E-state index contributed by atoms with van der Waals surface area (Å²) >= 11 is 6.45. The number of ether oxygens (including phenoxy) is 1. The predicted octanol–water partition coefficient (Wildman–Crippen LogP) is 2.25. The Labute approximate surface area is 203 Å². The topological polar surface area (TPSA) is 87.2 Å². The van der Waals surface area contributed by atoms with Crippen molar-refractivity contribution in [2.75, 3.05) is 44.8 Å². The molecule has 0 aromatic heterocycles. The van der Waals surface area contributed by atoms with Crippen LogP contribution in [0.25, 0.3) is 0 Å². The molecular weight excluding hydrogens is 458 g/mol. The molecule has 9 heteroatoms. The number of imide groups is 1. The van der Waals surface area contributed by atoms with E-state index in [1.165, 1.54) is 12.0 Å². The number of carbonyl (C=O) groups is 4. The second-order valence-electron chi connectivity index (χ2n) is 8.46. The zero-order valence-electron chi connectivity index (χ0n) is 18.9. The SMILES string of the molecule is COCCN1C(=O)C[C@](CC(=O)N2CCN(c3ccccc3)C(=O)C2)(c2ccccc2Cl)C1=O. The molecule has 4 amide bonds. The van der Waals surface area contributed by atoms with E-state index < -0.39 is 11.3 Å². The lowest BCUT2D eigenvalue weighted by atomic mass is 9.75. The van der Waals surface area contributed by atoms with Gasteiger partial charge in [-0.15, -0.1) is 0 Å². The Kier molecular flexibility index (Phi) is 7.00. The van der Waals surface area contributed by atoms with Crippen LogP contribution in [0.3, 0.4) is 0 Å². The van der Waals surface area contributed by atoms with Gasteiger partial charge in [0, 0.05) is 43.8 Å². The fraction of sp³-hybridized carbons (Fsp3) is 0.360. The molecule has 0 unspecified atom stereocenters. The molecule has 0 saturated carbocycles. The molecule has 4 rings (SSSR count). The van der Waals surface area contributed by atoms with Gasteiger partial charge in [0.25, 0.3) is 0 Å². The molecule has 34 heavy (non-hydrogen) atoms. The molecule has 2 aliphatic heterocycles. The molecule has 0 N–H and O–H groups in total. The van der Waals surface area contributed by atoms with Crippen molar-refractivity contribution in [2.24, 2.45) is 0 Å². The summed E-state index contributed by atoms with van der Waals surface area (Å²) in [5.41, 5.74) is -0.199. The molecule has 0 radical (unpaired) electrons. The van der Waals surface area contributed by atoms with Crippen molar-refractivity contribution in [2.45, 2.75) is 18.3 Å². The van der Waals surface area contributed by atoms with E-state index >= 15 is 0 Å². The number of rotatable bonds is 7. The zero-order chi connectivity index (χ0) is 24.3. The zero-order valence-corrected chi connectivity index (χ0v) is 19.7. The highest BCUT2D eigenvalue weighted by Crippen LogP contribution is 2.43. The average molecular weight is 484 g/mol. The minimum Gasteiger partial charge on any atom is -0.383 e. The number of halogens is 1. The highest BCUT2D eigenvalue weighted by atomic mass is 35.5. The number of carbonyl (C=O) groups excluding carboxylic acids is 4. The van der Waals surface area contributed by atoms with Crippen molar-refractivity contribution in [3.63, 3.8) is 0 Å². The lowest BCUT2D eigenvalue weighted by Crippen LogP contribution is -2.54. The van der Waals surface area contributed by atoms with E-state index in [0.29, 0.717) is 23.7 Å². The molecule has 0 aliphatic carbocycles. The number of likely N-dealkylation sites (tertiary alicyclic amines) is 1. The molecule has 178 valence electrons. The first-order chi connectivity index (χ1) is 16.4. The van der Waals surface area contributed by atoms with Crippen LogP contribution in [0.2, 0.25) is 5.02 Å². The van der Waals surface area contributed by atoms with Crippen LogP contribution in [-0.2, 0) is 29.3 Å². The van der Waals surface area contributed by atoms with E-state index in [2.05, 4.69) is 0 Å². The molecule has 1 atom stereocenters. The summed E-state index contributed by atoms with van der Waals surface area (Å²) in [7, 11) is 1.49. The molecule has 2 aromatic carbocycles. The van der Waals surface area contributed by atoms with Gasteiger partial charge < -0.3 is 14.5 Å². The van der Waals surface area contributed by atoms with E-state index in [4.69, 9.17) is 16.3 Å². The summed E-state index contributed by atoms with van der Waals surface area (Å²) in [5.74, 6) is -1.41. The predicted molar refractivity (Wildman–Crippen MR) is 126 cm³/mol. The standard InChI is InChI=1S/C25H26ClN3O5/c1-34-14-13-29-22(31)16-25(24(29)33,19-9-5-6-10-20(19)26)15-21(30)27-11-12-28(23(32)17-27)18-7-3-2-4-8-18/h2-10H,11-17H2,1H3/t25-/m1/s1. The van der Waals surface area contributed by atoms with Crippen LogP contribution in [0.1, 0.15) is 18.4 Å². The molecule has 2 aliphatic rings. The maximum Gasteiger partial charge on any atom is 0.246 e. The quantitative estimate of drug-likeness (QED) is 0.564. The van der Waals surface area contributed by atoms with Crippen LogP contribution in [0, 0.1) is 0 Å². The lowest BCUT2D eigenvalue weighted by molar-refractivity contribution is -0.144. The molecule has 2 aromatic rings. The third kappa shape index (κ3) is 4.43. The fourth-order valence-electron chi connectivity index (χ4n) is 4.64. The summed E-state index contributed by atoms with van der Waals surface area (Å²) in [5, 5.41) is 0.315. The van der Waals surface area contributed by atoms with Crippen LogP contribution >= 0.6 is 11.6 Å². The summed E-state index contributed by atoms with van der Waals surface area (Å²) in [4.78, 5) is 56.8. The van der Waals surface area contributed by atoms with Gasteiger partial charge in [0.1, 0.15) is 6.54 Å². The maximum atomic E-state index is 13.6. The Morgan fingerprint density at radius 2 is 1.71 bits per heavy atom. The number of methoxy groups -OCH3 is 1. The highest BCUT2D eigenvalue weighted by Gasteiger charge is 2.55. The molecule has 8 nitrogen and oxygen atoms in total. The number of anilines is 1. The Hall–Kier alpha value is -3.23. The van der Waals surface area contributed by atoms with E-state index in [1.807, 2.05) is 30.3 Å². The summed E-state index contributed by atoms with van der Waals surface area (Å²) in [6.45, 7) is 0.874. The molecule has 2 saturated heterocycles. The van der Waals surface area contributed by atoms with Crippen molar-refractivity contribution in [3.8, 4) is 0 Å². The van der Waals surface area contributed by atoms with Crippen molar-refractivity contribution < 1.29 is 23.9 Å². The average Bonchev–Trinajstić information content (AvgIpc) is 3.07. The largest absolute Gasteiger partial charge is 0.383 e. The number of hydrogen-bond acceptors (Lipinski definition) is 5. The highest BCUT2D eigenvalue weighted by molar-refractivity contribution is 6.32. The van der Waals surface area contributed by atoms with Gasteiger partial charge in [0.2, 0.25) is 23.6 Å². The Morgan fingerprint density at radius 1 is 1.00 bits per heavy atom. The minimum absolute atomic E-state index is 0.0954. The number of benzene rings is 2. The van der Waals surface area contributed by atoms with Crippen LogP contribution in [0.5, 0.6) is 0 Å².